The summed E-state index contributed by atoms with van der Waals surface area (Å²) in [7, 11) is 0. The van der Waals surface area contributed by atoms with Gasteiger partial charge in [-0.3, -0.25) is 0 Å². The Hall–Kier alpha value is -0.770. The third kappa shape index (κ3) is 3.29. The van der Waals surface area contributed by atoms with E-state index in [0.717, 1.165) is 0 Å². The summed E-state index contributed by atoms with van der Waals surface area (Å²) >= 11 is 0. The maximum Gasteiger partial charge on any atom is 0.312 e. The number of nitrogens with one attached hydrogen (secondary N) is 1. The van der Waals surface area contributed by atoms with Gasteiger partial charge in [0, 0.05) is 0 Å². The second kappa shape index (κ2) is 4.11. The molecule has 2 amide bonds. The van der Waals surface area contributed by atoms with Crippen LogP contribution in [0.2, 0.25) is 0 Å². The average molecular weight is 146 g/mol. The van der Waals surface area contributed by atoms with E-state index in [9.17, 15) is 4.79 Å². The molecule has 0 aromatic carbocycles. The largest absolute Gasteiger partial charge is 0.394 e. The molecule has 0 aliphatic heterocycles. The molecule has 4 N–H and O–H groups in total. The number of nitrogens with two attached hydrogens (primary N) is 1. The Morgan fingerprint density at radius 1 is 1.70 bits per heavy atom. The van der Waals surface area contributed by atoms with Gasteiger partial charge in [-0.05, 0) is 5.92 Å². The highest BCUT2D eigenvalue weighted by molar-refractivity contribution is 5.71. The van der Waals surface area contributed by atoms with Crippen LogP contribution in [0, 0.1) is 5.92 Å². The Kier molecular flexibility index (Phi) is 3.79. The third-order valence-electron chi connectivity index (χ3n) is 1.33. The van der Waals surface area contributed by atoms with E-state index in [2.05, 4.69) is 5.32 Å². The van der Waals surface area contributed by atoms with Crippen molar-refractivity contribution in [3.8, 4) is 0 Å². The van der Waals surface area contributed by atoms with Crippen molar-refractivity contribution in [2.24, 2.45) is 11.7 Å². The second-order valence-corrected chi connectivity index (χ2v) is 2.54. The third-order valence-corrected chi connectivity index (χ3v) is 1.33. The zero-order chi connectivity index (χ0) is 8.15. The number of amides is 2. The van der Waals surface area contributed by atoms with Crippen LogP contribution < -0.4 is 11.1 Å². The topological polar surface area (TPSA) is 75.3 Å². The molecule has 0 aliphatic rings. The van der Waals surface area contributed by atoms with E-state index >= 15 is 0 Å². The zero-order valence-electron chi connectivity index (χ0n) is 6.29. The van der Waals surface area contributed by atoms with Gasteiger partial charge in [0.2, 0.25) is 0 Å². The molecule has 0 radical (unpaired) electrons. The number of rotatable bonds is 3. The lowest BCUT2D eigenvalue weighted by Gasteiger charge is -2.17. The minimum absolute atomic E-state index is 0.0688. The van der Waals surface area contributed by atoms with Gasteiger partial charge in [0.05, 0.1) is 12.6 Å². The summed E-state index contributed by atoms with van der Waals surface area (Å²) in [4.78, 5) is 10.3. The van der Waals surface area contributed by atoms with Crippen molar-refractivity contribution >= 4 is 6.03 Å². The summed E-state index contributed by atoms with van der Waals surface area (Å²) in [5, 5.41) is 11.1. The maximum absolute atomic E-state index is 10.3. The highest BCUT2D eigenvalue weighted by Crippen LogP contribution is 1.98. The number of aliphatic hydroxyl groups excluding tert-OH is 1. The van der Waals surface area contributed by atoms with Gasteiger partial charge < -0.3 is 16.2 Å². The first kappa shape index (κ1) is 9.23. The van der Waals surface area contributed by atoms with E-state index in [4.69, 9.17) is 10.8 Å². The lowest BCUT2D eigenvalue weighted by molar-refractivity contribution is 0.202. The van der Waals surface area contributed by atoms with Crippen LogP contribution in [-0.4, -0.2) is 23.8 Å². The van der Waals surface area contributed by atoms with Crippen LogP contribution in [0.3, 0.4) is 0 Å². The maximum atomic E-state index is 10.3. The van der Waals surface area contributed by atoms with Gasteiger partial charge in [0.15, 0.2) is 0 Å². The van der Waals surface area contributed by atoms with Crippen LogP contribution in [0.1, 0.15) is 13.8 Å². The fraction of sp³-hybridized carbons (Fsp3) is 0.833. The summed E-state index contributed by atoms with van der Waals surface area (Å²) in [6.45, 7) is 3.73. The van der Waals surface area contributed by atoms with Crippen LogP contribution in [0.25, 0.3) is 0 Å². The fourth-order valence-electron chi connectivity index (χ4n) is 0.606. The Bertz CT molecular complexity index is 114. The molecule has 0 bridgehead atoms. The number of urea groups is 1. The van der Waals surface area contributed by atoms with E-state index < -0.39 is 6.03 Å². The molecular weight excluding hydrogens is 132 g/mol. The summed E-state index contributed by atoms with van der Waals surface area (Å²) in [5.41, 5.74) is 4.85. The Balaban J connectivity index is 3.71. The first-order valence-electron chi connectivity index (χ1n) is 3.24. The summed E-state index contributed by atoms with van der Waals surface area (Å²) in [6, 6.07) is -0.815. The van der Waals surface area contributed by atoms with Gasteiger partial charge in [-0.2, -0.15) is 0 Å². The lowest BCUT2D eigenvalue weighted by atomic mass is 10.1. The Morgan fingerprint density at radius 3 is 2.30 bits per heavy atom. The minimum atomic E-state index is -0.590. The molecule has 0 aromatic rings. The van der Waals surface area contributed by atoms with Crippen LogP contribution in [-0.2, 0) is 0 Å². The van der Waals surface area contributed by atoms with Crippen molar-refractivity contribution in [3.05, 3.63) is 0 Å². The molecule has 0 aliphatic carbocycles. The van der Waals surface area contributed by atoms with Crippen LogP contribution in [0.4, 0.5) is 4.79 Å². The van der Waals surface area contributed by atoms with Crippen molar-refractivity contribution in [1.29, 1.82) is 0 Å². The van der Waals surface area contributed by atoms with Gasteiger partial charge in [-0.1, -0.05) is 13.8 Å². The van der Waals surface area contributed by atoms with E-state index in [0.29, 0.717) is 0 Å². The normalized spacial score (nSPS) is 13.2. The van der Waals surface area contributed by atoms with E-state index in [1.165, 1.54) is 0 Å². The van der Waals surface area contributed by atoms with Gasteiger partial charge in [-0.15, -0.1) is 0 Å². The van der Waals surface area contributed by atoms with Gasteiger partial charge in [0.1, 0.15) is 0 Å². The number of hydrogen-bond acceptors (Lipinski definition) is 2. The quantitative estimate of drug-likeness (QED) is 0.510. The van der Waals surface area contributed by atoms with Crippen molar-refractivity contribution in [1.82, 2.24) is 5.32 Å². The molecule has 60 valence electrons. The smallest absolute Gasteiger partial charge is 0.312 e. The molecule has 0 fully saturated rings. The molecular formula is C6H14N2O2. The highest BCUT2D eigenvalue weighted by atomic mass is 16.3. The molecule has 4 heteroatoms. The molecule has 0 aromatic heterocycles. The molecule has 0 unspecified atom stereocenters. The SMILES string of the molecule is CC(C)[C@H](CO)NC(N)=O. The summed E-state index contributed by atoms with van der Waals surface area (Å²) in [6.07, 6.45) is 0. The molecule has 10 heavy (non-hydrogen) atoms. The number of carbonyl (C=O) groups excluding carboxylic acids is 1. The molecule has 4 nitrogen and oxygen atoms in total. The first-order valence-corrected chi connectivity index (χ1v) is 3.24. The standard InChI is InChI=1S/C6H14N2O2/c1-4(2)5(3-9)8-6(7)10/h4-5,9H,3H2,1-2H3,(H3,7,8,10)/t5-/m0/s1. The summed E-state index contributed by atoms with van der Waals surface area (Å²) in [5.74, 6) is 0.206. The van der Waals surface area contributed by atoms with Crippen molar-refractivity contribution in [3.63, 3.8) is 0 Å². The van der Waals surface area contributed by atoms with Gasteiger partial charge >= 0.3 is 6.03 Å². The predicted octanol–water partition coefficient (Wildman–Crippen LogP) is -0.328. The Labute approximate surface area is 60.4 Å². The Morgan fingerprint density at radius 2 is 2.20 bits per heavy atom. The molecule has 0 saturated heterocycles. The number of primary amides is 1. The molecule has 0 spiro atoms. The molecule has 1 atom stereocenters. The molecule has 0 rings (SSSR count). The number of aliphatic hydroxyl groups is 1. The van der Waals surface area contributed by atoms with E-state index in [-0.39, 0.29) is 18.6 Å². The fourth-order valence-corrected chi connectivity index (χ4v) is 0.606. The molecule has 0 saturated carbocycles. The summed E-state index contributed by atoms with van der Waals surface area (Å²) < 4.78 is 0. The van der Waals surface area contributed by atoms with Crippen molar-refractivity contribution in [2.75, 3.05) is 6.61 Å². The predicted molar refractivity (Wildman–Crippen MR) is 38.4 cm³/mol. The minimum Gasteiger partial charge on any atom is -0.394 e. The lowest BCUT2D eigenvalue weighted by Crippen LogP contribution is -2.43. The van der Waals surface area contributed by atoms with E-state index in [1.807, 2.05) is 13.8 Å². The van der Waals surface area contributed by atoms with Crippen molar-refractivity contribution < 1.29 is 9.90 Å². The highest BCUT2D eigenvalue weighted by Gasteiger charge is 2.12. The number of hydrogen-bond donors (Lipinski definition) is 3. The van der Waals surface area contributed by atoms with Gasteiger partial charge in [0.25, 0.3) is 0 Å². The van der Waals surface area contributed by atoms with Crippen molar-refractivity contribution in [2.45, 2.75) is 19.9 Å². The zero-order valence-corrected chi connectivity index (χ0v) is 6.29. The van der Waals surface area contributed by atoms with Crippen LogP contribution in [0.15, 0.2) is 0 Å². The van der Waals surface area contributed by atoms with Crippen LogP contribution >= 0.6 is 0 Å². The first-order chi connectivity index (χ1) is 4.57. The van der Waals surface area contributed by atoms with Crippen LogP contribution in [0.5, 0.6) is 0 Å². The van der Waals surface area contributed by atoms with Gasteiger partial charge in [-0.25, -0.2) is 4.79 Å². The average Bonchev–Trinajstić information content (AvgIpc) is 1.81. The number of carbonyl (C=O) groups is 1. The van der Waals surface area contributed by atoms with E-state index in [1.54, 1.807) is 0 Å². The monoisotopic (exact) mass is 146 g/mol. The second-order valence-electron chi connectivity index (χ2n) is 2.54. The molecule has 0 heterocycles.